The van der Waals surface area contributed by atoms with Gasteiger partial charge in [-0.3, -0.25) is 4.79 Å². The van der Waals surface area contributed by atoms with Gasteiger partial charge in [0.2, 0.25) is 5.91 Å². The third-order valence-electron chi connectivity index (χ3n) is 3.11. The molecule has 2 rings (SSSR count). The number of aryl methyl sites for hydroxylation is 1. The third-order valence-corrected chi connectivity index (χ3v) is 3.11. The van der Waals surface area contributed by atoms with Crippen molar-refractivity contribution in [1.82, 2.24) is 5.32 Å². The smallest absolute Gasteiger partial charge is 0.220 e. The summed E-state index contributed by atoms with van der Waals surface area (Å²) in [6.07, 6.45) is 2.56. The lowest BCUT2D eigenvalue weighted by Crippen LogP contribution is -2.29. The van der Waals surface area contributed by atoms with E-state index in [1.165, 1.54) is 0 Å². The SMILES string of the molecule is CO[C@@H](CNC(=O)CCc1ccccc1)c1ccco1. The number of hydrogen-bond donors (Lipinski definition) is 1. The topological polar surface area (TPSA) is 51.5 Å². The Hall–Kier alpha value is -2.07. The Morgan fingerprint density at radius 3 is 2.70 bits per heavy atom. The molecule has 0 aliphatic carbocycles. The molecule has 0 saturated carbocycles. The van der Waals surface area contributed by atoms with Crippen LogP contribution < -0.4 is 5.32 Å². The zero-order valence-corrected chi connectivity index (χ0v) is 11.5. The molecular weight excluding hydrogens is 254 g/mol. The quantitative estimate of drug-likeness (QED) is 0.844. The number of carbonyl (C=O) groups is 1. The molecule has 0 fully saturated rings. The van der Waals surface area contributed by atoms with Gasteiger partial charge in [-0.25, -0.2) is 0 Å². The summed E-state index contributed by atoms with van der Waals surface area (Å²) in [6, 6.07) is 13.6. The van der Waals surface area contributed by atoms with E-state index in [4.69, 9.17) is 9.15 Å². The molecule has 0 unspecified atom stereocenters. The average Bonchev–Trinajstić information content (AvgIpc) is 3.01. The highest BCUT2D eigenvalue weighted by molar-refractivity contribution is 5.76. The monoisotopic (exact) mass is 273 g/mol. The molecule has 0 radical (unpaired) electrons. The minimum absolute atomic E-state index is 0.0162. The largest absolute Gasteiger partial charge is 0.467 e. The minimum Gasteiger partial charge on any atom is -0.467 e. The molecular formula is C16H19NO3. The second-order valence-electron chi connectivity index (χ2n) is 4.53. The Bertz CT molecular complexity index is 508. The van der Waals surface area contributed by atoms with Gasteiger partial charge in [0.05, 0.1) is 12.8 Å². The van der Waals surface area contributed by atoms with Gasteiger partial charge in [0.25, 0.3) is 0 Å². The number of furan rings is 1. The van der Waals surface area contributed by atoms with Crippen LogP contribution in [-0.4, -0.2) is 19.6 Å². The Morgan fingerprint density at radius 1 is 1.25 bits per heavy atom. The molecule has 20 heavy (non-hydrogen) atoms. The highest BCUT2D eigenvalue weighted by Crippen LogP contribution is 2.15. The van der Waals surface area contributed by atoms with Crippen LogP contribution in [0.5, 0.6) is 0 Å². The Labute approximate surface area is 118 Å². The van der Waals surface area contributed by atoms with E-state index in [2.05, 4.69) is 5.32 Å². The second kappa shape index (κ2) is 7.50. The summed E-state index contributed by atoms with van der Waals surface area (Å²) in [5.74, 6) is 0.735. The number of rotatable bonds is 7. The van der Waals surface area contributed by atoms with Gasteiger partial charge in [0, 0.05) is 13.5 Å². The molecule has 1 amide bonds. The fourth-order valence-corrected chi connectivity index (χ4v) is 1.97. The molecule has 0 saturated heterocycles. The van der Waals surface area contributed by atoms with Gasteiger partial charge in [0.1, 0.15) is 11.9 Å². The molecule has 1 heterocycles. The molecule has 1 N–H and O–H groups in total. The first-order chi connectivity index (χ1) is 9.79. The highest BCUT2D eigenvalue weighted by atomic mass is 16.5. The summed E-state index contributed by atoms with van der Waals surface area (Å²) in [5, 5.41) is 2.87. The number of ether oxygens (including phenoxy) is 1. The second-order valence-corrected chi connectivity index (χ2v) is 4.53. The number of nitrogens with one attached hydrogen (secondary N) is 1. The molecule has 1 aromatic carbocycles. The highest BCUT2D eigenvalue weighted by Gasteiger charge is 2.14. The molecule has 0 aliphatic rings. The molecule has 2 aromatic rings. The Balaban J connectivity index is 1.74. The summed E-state index contributed by atoms with van der Waals surface area (Å²) in [7, 11) is 1.60. The molecule has 4 nitrogen and oxygen atoms in total. The van der Waals surface area contributed by atoms with Crippen LogP contribution in [0.25, 0.3) is 0 Å². The van der Waals surface area contributed by atoms with Crippen LogP contribution in [0.2, 0.25) is 0 Å². The van der Waals surface area contributed by atoms with E-state index >= 15 is 0 Å². The number of methoxy groups -OCH3 is 1. The summed E-state index contributed by atoms with van der Waals surface area (Å²) in [4.78, 5) is 11.8. The standard InChI is InChI=1S/C16H19NO3/c1-19-15(14-8-5-11-20-14)12-17-16(18)10-9-13-6-3-2-4-7-13/h2-8,11,15H,9-10,12H2,1H3,(H,17,18)/t15-/m0/s1. The van der Waals surface area contributed by atoms with Crippen LogP contribution in [0.4, 0.5) is 0 Å². The zero-order chi connectivity index (χ0) is 14.2. The van der Waals surface area contributed by atoms with Crippen molar-refractivity contribution in [1.29, 1.82) is 0 Å². The van der Waals surface area contributed by atoms with Crippen molar-refractivity contribution in [2.45, 2.75) is 18.9 Å². The lowest BCUT2D eigenvalue weighted by molar-refractivity contribution is -0.121. The van der Waals surface area contributed by atoms with Gasteiger partial charge in [-0.05, 0) is 24.1 Å². The summed E-state index contributed by atoms with van der Waals surface area (Å²) >= 11 is 0. The zero-order valence-electron chi connectivity index (χ0n) is 11.5. The van der Waals surface area contributed by atoms with Crippen molar-refractivity contribution in [3.05, 3.63) is 60.1 Å². The van der Waals surface area contributed by atoms with E-state index in [0.717, 1.165) is 17.7 Å². The van der Waals surface area contributed by atoms with Crippen LogP contribution in [0, 0.1) is 0 Å². The molecule has 4 heteroatoms. The van der Waals surface area contributed by atoms with Crippen molar-refractivity contribution in [3.8, 4) is 0 Å². The molecule has 1 atom stereocenters. The van der Waals surface area contributed by atoms with Crippen molar-refractivity contribution in [3.63, 3.8) is 0 Å². The number of hydrogen-bond acceptors (Lipinski definition) is 3. The predicted molar refractivity (Wildman–Crippen MR) is 76.2 cm³/mol. The molecule has 0 bridgehead atoms. The van der Waals surface area contributed by atoms with Crippen molar-refractivity contribution in [2.75, 3.05) is 13.7 Å². The minimum atomic E-state index is -0.245. The summed E-state index contributed by atoms with van der Waals surface area (Å²) in [5.41, 5.74) is 1.16. The van der Waals surface area contributed by atoms with Crippen LogP contribution in [0.15, 0.2) is 53.1 Å². The number of amides is 1. The van der Waals surface area contributed by atoms with Gasteiger partial charge in [0.15, 0.2) is 0 Å². The van der Waals surface area contributed by atoms with E-state index in [0.29, 0.717) is 13.0 Å². The van der Waals surface area contributed by atoms with Gasteiger partial charge >= 0.3 is 0 Å². The van der Waals surface area contributed by atoms with E-state index in [1.807, 2.05) is 36.4 Å². The van der Waals surface area contributed by atoms with E-state index < -0.39 is 0 Å². The van der Waals surface area contributed by atoms with Gasteiger partial charge in [-0.1, -0.05) is 30.3 Å². The van der Waals surface area contributed by atoms with Crippen LogP contribution in [-0.2, 0) is 16.0 Å². The van der Waals surface area contributed by atoms with Crippen LogP contribution >= 0.6 is 0 Å². The maximum Gasteiger partial charge on any atom is 0.220 e. The van der Waals surface area contributed by atoms with Crippen LogP contribution in [0.1, 0.15) is 23.8 Å². The molecule has 1 aromatic heterocycles. The first-order valence-electron chi connectivity index (χ1n) is 6.66. The maximum absolute atomic E-state index is 11.8. The van der Waals surface area contributed by atoms with Gasteiger partial charge in [-0.2, -0.15) is 0 Å². The maximum atomic E-state index is 11.8. The first kappa shape index (κ1) is 14.3. The van der Waals surface area contributed by atoms with E-state index in [9.17, 15) is 4.79 Å². The van der Waals surface area contributed by atoms with Crippen LogP contribution in [0.3, 0.4) is 0 Å². The number of carbonyl (C=O) groups excluding carboxylic acids is 1. The van der Waals surface area contributed by atoms with Crippen molar-refractivity contribution in [2.24, 2.45) is 0 Å². The molecule has 0 spiro atoms. The Morgan fingerprint density at radius 2 is 2.05 bits per heavy atom. The fraction of sp³-hybridized carbons (Fsp3) is 0.312. The van der Waals surface area contributed by atoms with E-state index in [1.54, 1.807) is 19.4 Å². The van der Waals surface area contributed by atoms with E-state index in [-0.39, 0.29) is 12.0 Å². The van der Waals surface area contributed by atoms with Gasteiger partial charge < -0.3 is 14.5 Å². The number of benzene rings is 1. The normalized spacial score (nSPS) is 12.1. The lowest BCUT2D eigenvalue weighted by Gasteiger charge is -2.13. The first-order valence-corrected chi connectivity index (χ1v) is 6.66. The predicted octanol–water partition coefficient (Wildman–Crippen LogP) is 2.72. The van der Waals surface area contributed by atoms with Gasteiger partial charge in [-0.15, -0.1) is 0 Å². The van der Waals surface area contributed by atoms with Crippen molar-refractivity contribution >= 4 is 5.91 Å². The summed E-state index contributed by atoms with van der Waals surface area (Å²) < 4.78 is 10.6. The summed E-state index contributed by atoms with van der Waals surface area (Å²) in [6.45, 7) is 0.414. The Kier molecular flexibility index (Phi) is 5.38. The molecule has 0 aliphatic heterocycles. The third kappa shape index (κ3) is 4.24. The van der Waals surface area contributed by atoms with Crippen molar-refractivity contribution < 1.29 is 13.9 Å². The lowest BCUT2D eigenvalue weighted by atomic mass is 10.1. The molecule has 106 valence electrons. The average molecular weight is 273 g/mol. The fourth-order valence-electron chi connectivity index (χ4n) is 1.97.